The Labute approximate surface area is 158 Å². The lowest BCUT2D eigenvalue weighted by Gasteiger charge is -2.18. The lowest BCUT2D eigenvalue weighted by atomic mass is 10.00. The Balaban J connectivity index is 1.95. The smallest absolute Gasteiger partial charge is 0.258 e. The van der Waals surface area contributed by atoms with E-state index < -0.39 is 0 Å². The van der Waals surface area contributed by atoms with Crippen molar-refractivity contribution in [3.05, 3.63) is 63.1 Å². The largest absolute Gasteiger partial charge is 0.483 e. The van der Waals surface area contributed by atoms with Gasteiger partial charge in [0.2, 0.25) is 0 Å². The number of aryl methyl sites for hydroxylation is 2. The van der Waals surface area contributed by atoms with Gasteiger partial charge in [-0.2, -0.15) is 0 Å². The van der Waals surface area contributed by atoms with E-state index in [2.05, 4.69) is 67.1 Å². The summed E-state index contributed by atoms with van der Waals surface area (Å²) in [7, 11) is 0. The number of rotatable bonds is 6. The normalized spacial score (nSPS) is 12.1. The molecule has 0 radical (unpaired) electrons. The van der Waals surface area contributed by atoms with Crippen molar-refractivity contribution in [1.82, 2.24) is 5.32 Å². The highest BCUT2D eigenvalue weighted by atomic mass is 79.9. The van der Waals surface area contributed by atoms with Crippen LogP contribution in [0.25, 0.3) is 0 Å². The number of carbonyl (C=O) groups excluding carboxylic acids is 1. The van der Waals surface area contributed by atoms with Gasteiger partial charge in [0.1, 0.15) is 5.75 Å². The predicted molar refractivity (Wildman–Crippen MR) is 106 cm³/mol. The first kappa shape index (κ1) is 19.5. The van der Waals surface area contributed by atoms with Crippen LogP contribution in [-0.4, -0.2) is 12.5 Å². The molecule has 1 unspecified atom stereocenters. The molecule has 2 rings (SSSR count). The van der Waals surface area contributed by atoms with E-state index in [1.165, 1.54) is 16.7 Å². The SMILES string of the molecule is Cc1ccc(C)c(C(C)NC(=O)COc2ccc(C(C)C)cc2Br)c1. The molecule has 25 heavy (non-hydrogen) atoms. The molecule has 134 valence electrons. The first-order valence-electron chi connectivity index (χ1n) is 8.56. The van der Waals surface area contributed by atoms with Crippen molar-refractivity contribution in [3.63, 3.8) is 0 Å². The molecule has 0 aliphatic carbocycles. The van der Waals surface area contributed by atoms with E-state index in [1.54, 1.807) is 0 Å². The van der Waals surface area contributed by atoms with Crippen LogP contribution in [-0.2, 0) is 4.79 Å². The molecule has 0 saturated heterocycles. The van der Waals surface area contributed by atoms with Gasteiger partial charge in [0.05, 0.1) is 10.5 Å². The van der Waals surface area contributed by atoms with Crippen LogP contribution in [0.1, 0.15) is 55.0 Å². The van der Waals surface area contributed by atoms with Crippen LogP contribution in [0.15, 0.2) is 40.9 Å². The topological polar surface area (TPSA) is 38.3 Å². The third-order valence-electron chi connectivity index (χ3n) is 4.26. The molecule has 2 aromatic rings. The Morgan fingerprint density at radius 3 is 2.48 bits per heavy atom. The number of amides is 1. The maximum atomic E-state index is 12.2. The summed E-state index contributed by atoms with van der Waals surface area (Å²) in [6.45, 7) is 10.4. The van der Waals surface area contributed by atoms with Crippen LogP contribution >= 0.6 is 15.9 Å². The maximum absolute atomic E-state index is 12.2. The Bertz CT molecular complexity index is 756. The van der Waals surface area contributed by atoms with Crippen LogP contribution in [0, 0.1) is 13.8 Å². The summed E-state index contributed by atoms with van der Waals surface area (Å²) >= 11 is 3.51. The first-order chi connectivity index (χ1) is 11.8. The van der Waals surface area contributed by atoms with Crippen LogP contribution in [0.5, 0.6) is 5.75 Å². The highest BCUT2D eigenvalue weighted by Gasteiger charge is 2.13. The molecule has 0 aliphatic rings. The molecule has 1 amide bonds. The number of carbonyl (C=O) groups is 1. The second-order valence-electron chi connectivity index (χ2n) is 6.78. The van der Waals surface area contributed by atoms with E-state index in [4.69, 9.17) is 4.74 Å². The minimum absolute atomic E-state index is 0.00513. The second-order valence-corrected chi connectivity index (χ2v) is 7.64. The summed E-state index contributed by atoms with van der Waals surface area (Å²) in [4.78, 5) is 12.2. The van der Waals surface area contributed by atoms with Crippen LogP contribution < -0.4 is 10.1 Å². The zero-order valence-corrected chi connectivity index (χ0v) is 17.1. The van der Waals surface area contributed by atoms with E-state index >= 15 is 0 Å². The van der Waals surface area contributed by atoms with Gasteiger partial charge in [0.15, 0.2) is 6.61 Å². The third kappa shape index (κ3) is 5.33. The quantitative estimate of drug-likeness (QED) is 0.696. The zero-order chi connectivity index (χ0) is 18.6. The predicted octanol–water partition coefficient (Wildman–Crippen LogP) is 5.45. The molecule has 2 aromatic carbocycles. The number of hydrogen-bond donors (Lipinski definition) is 1. The average molecular weight is 404 g/mol. The molecule has 1 atom stereocenters. The van der Waals surface area contributed by atoms with Gasteiger partial charge in [-0.25, -0.2) is 0 Å². The number of nitrogens with one attached hydrogen (secondary N) is 1. The van der Waals surface area contributed by atoms with E-state index in [0.717, 1.165) is 10.0 Å². The monoisotopic (exact) mass is 403 g/mol. The molecule has 0 saturated carbocycles. The summed E-state index contributed by atoms with van der Waals surface area (Å²) in [5.41, 5.74) is 4.72. The Morgan fingerprint density at radius 1 is 1.12 bits per heavy atom. The number of halogens is 1. The summed E-state index contributed by atoms with van der Waals surface area (Å²) in [6, 6.07) is 12.2. The van der Waals surface area contributed by atoms with E-state index in [0.29, 0.717) is 11.7 Å². The molecule has 3 nitrogen and oxygen atoms in total. The van der Waals surface area contributed by atoms with Crippen molar-refractivity contribution in [2.24, 2.45) is 0 Å². The lowest BCUT2D eigenvalue weighted by molar-refractivity contribution is -0.123. The number of hydrogen-bond acceptors (Lipinski definition) is 2. The second kappa shape index (κ2) is 8.52. The minimum Gasteiger partial charge on any atom is -0.483 e. The summed E-state index contributed by atoms with van der Waals surface area (Å²) in [5.74, 6) is 0.999. The van der Waals surface area contributed by atoms with E-state index in [-0.39, 0.29) is 18.6 Å². The van der Waals surface area contributed by atoms with Gasteiger partial charge >= 0.3 is 0 Å². The van der Waals surface area contributed by atoms with E-state index in [9.17, 15) is 4.79 Å². The van der Waals surface area contributed by atoms with Crippen LogP contribution in [0.2, 0.25) is 0 Å². The molecule has 4 heteroatoms. The first-order valence-corrected chi connectivity index (χ1v) is 9.36. The van der Waals surface area contributed by atoms with Crippen molar-refractivity contribution >= 4 is 21.8 Å². The highest BCUT2D eigenvalue weighted by Crippen LogP contribution is 2.29. The van der Waals surface area contributed by atoms with Gasteiger partial charge in [-0.05, 0) is 71.4 Å². The molecule has 0 heterocycles. The van der Waals surface area contributed by atoms with Crippen molar-refractivity contribution in [3.8, 4) is 5.75 Å². The van der Waals surface area contributed by atoms with Gasteiger partial charge < -0.3 is 10.1 Å². The molecule has 0 fully saturated rings. The Hall–Kier alpha value is -1.81. The minimum atomic E-state index is -0.131. The zero-order valence-electron chi connectivity index (χ0n) is 15.5. The van der Waals surface area contributed by atoms with Crippen molar-refractivity contribution in [2.75, 3.05) is 6.61 Å². The van der Waals surface area contributed by atoms with Gasteiger partial charge in [0.25, 0.3) is 5.91 Å². The lowest BCUT2D eigenvalue weighted by Crippen LogP contribution is -2.31. The molecule has 0 aliphatic heterocycles. The summed E-state index contributed by atoms with van der Waals surface area (Å²) in [5, 5.41) is 3.00. The van der Waals surface area contributed by atoms with Crippen LogP contribution in [0.3, 0.4) is 0 Å². The number of ether oxygens (including phenoxy) is 1. The van der Waals surface area contributed by atoms with Crippen molar-refractivity contribution in [2.45, 2.75) is 46.6 Å². The van der Waals surface area contributed by atoms with E-state index in [1.807, 2.05) is 25.1 Å². The Morgan fingerprint density at radius 2 is 1.84 bits per heavy atom. The standard InChI is InChI=1S/C21H26BrNO2/c1-13(2)17-8-9-20(19(22)11-17)25-12-21(24)23-16(5)18-10-14(3)6-7-15(18)4/h6-11,13,16H,12H2,1-5H3,(H,23,24). The fourth-order valence-electron chi connectivity index (χ4n) is 2.72. The average Bonchev–Trinajstić information content (AvgIpc) is 2.55. The summed E-state index contributed by atoms with van der Waals surface area (Å²) < 4.78 is 6.53. The van der Waals surface area contributed by atoms with Gasteiger partial charge in [-0.15, -0.1) is 0 Å². The molecular weight excluding hydrogens is 378 g/mol. The highest BCUT2D eigenvalue weighted by molar-refractivity contribution is 9.10. The third-order valence-corrected chi connectivity index (χ3v) is 4.88. The fourth-order valence-corrected chi connectivity index (χ4v) is 3.23. The fraction of sp³-hybridized carbons (Fsp3) is 0.381. The van der Waals surface area contributed by atoms with Crippen molar-refractivity contribution in [1.29, 1.82) is 0 Å². The molecule has 1 N–H and O–H groups in total. The summed E-state index contributed by atoms with van der Waals surface area (Å²) in [6.07, 6.45) is 0. The Kier molecular flexibility index (Phi) is 6.65. The number of benzene rings is 2. The molecule has 0 aromatic heterocycles. The maximum Gasteiger partial charge on any atom is 0.258 e. The van der Waals surface area contributed by atoms with Gasteiger partial charge in [-0.3, -0.25) is 4.79 Å². The van der Waals surface area contributed by atoms with Crippen molar-refractivity contribution < 1.29 is 9.53 Å². The molecule has 0 bridgehead atoms. The molecular formula is C21H26BrNO2. The van der Waals surface area contributed by atoms with Crippen LogP contribution in [0.4, 0.5) is 0 Å². The molecule has 0 spiro atoms. The van der Waals surface area contributed by atoms with Gasteiger partial charge in [-0.1, -0.05) is 43.7 Å². The van der Waals surface area contributed by atoms with Gasteiger partial charge in [0, 0.05) is 0 Å².